The van der Waals surface area contributed by atoms with Gasteiger partial charge in [0.2, 0.25) is 0 Å². The maximum absolute atomic E-state index is 5.95. The van der Waals surface area contributed by atoms with Crippen LogP contribution >= 0.6 is 11.6 Å². The van der Waals surface area contributed by atoms with Crippen LogP contribution in [0.25, 0.3) is 10.9 Å². The highest BCUT2D eigenvalue weighted by molar-refractivity contribution is 6.18. The topological polar surface area (TPSA) is 21.1 Å². The molecule has 2 heterocycles. The van der Waals surface area contributed by atoms with Crippen LogP contribution in [-0.2, 0) is 13.1 Å². The molecule has 19 heavy (non-hydrogen) atoms. The molecule has 102 valence electrons. The van der Waals surface area contributed by atoms with Crippen molar-refractivity contribution in [2.45, 2.75) is 26.4 Å². The van der Waals surface area contributed by atoms with Crippen LogP contribution in [0.1, 0.15) is 19.0 Å². The van der Waals surface area contributed by atoms with Crippen LogP contribution in [-0.4, -0.2) is 33.6 Å². The Morgan fingerprint density at radius 3 is 2.95 bits per heavy atom. The van der Waals surface area contributed by atoms with Gasteiger partial charge in [0.05, 0.1) is 11.2 Å². The molecule has 1 aliphatic heterocycles. The second kappa shape index (κ2) is 5.51. The fourth-order valence-corrected chi connectivity index (χ4v) is 3.20. The van der Waals surface area contributed by atoms with Gasteiger partial charge in [-0.05, 0) is 31.9 Å². The van der Waals surface area contributed by atoms with Gasteiger partial charge in [-0.15, -0.1) is 11.6 Å². The zero-order valence-electron chi connectivity index (χ0n) is 11.3. The van der Waals surface area contributed by atoms with Crippen LogP contribution < -0.4 is 0 Å². The van der Waals surface area contributed by atoms with Crippen LogP contribution in [0.4, 0.5) is 0 Å². The number of aromatic nitrogens is 2. The second-order valence-electron chi connectivity index (χ2n) is 5.32. The lowest BCUT2D eigenvalue weighted by Crippen LogP contribution is -2.21. The highest BCUT2D eigenvalue weighted by atomic mass is 35.5. The Bertz CT molecular complexity index is 564. The minimum Gasteiger partial charge on any atom is -0.297 e. The molecule has 1 aromatic heterocycles. The summed E-state index contributed by atoms with van der Waals surface area (Å²) in [6.45, 7) is 6.26. The van der Waals surface area contributed by atoms with Crippen molar-refractivity contribution in [3.8, 4) is 0 Å². The minimum atomic E-state index is 0.654. The van der Waals surface area contributed by atoms with Gasteiger partial charge >= 0.3 is 0 Å². The fourth-order valence-electron chi connectivity index (χ4n) is 2.95. The average Bonchev–Trinajstić information content (AvgIpc) is 3.04. The van der Waals surface area contributed by atoms with Crippen LogP contribution in [0.15, 0.2) is 24.3 Å². The highest BCUT2D eigenvalue weighted by Gasteiger charge is 2.23. The molecule has 2 aromatic rings. The predicted molar refractivity (Wildman–Crippen MR) is 79.5 cm³/mol. The van der Waals surface area contributed by atoms with Crippen molar-refractivity contribution in [1.29, 1.82) is 0 Å². The van der Waals surface area contributed by atoms with E-state index in [4.69, 9.17) is 16.7 Å². The number of benzene rings is 1. The predicted octanol–water partition coefficient (Wildman–Crippen LogP) is 3.12. The molecule has 4 heteroatoms. The van der Waals surface area contributed by atoms with E-state index in [1.54, 1.807) is 0 Å². The summed E-state index contributed by atoms with van der Waals surface area (Å²) in [5.74, 6) is 1.43. The third kappa shape index (κ3) is 2.49. The van der Waals surface area contributed by atoms with Gasteiger partial charge in [-0.3, -0.25) is 9.58 Å². The number of rotatable bonds is 4. The Morgan fingerprint density at radius 1 is 1.37 bits per heavy atom. The molecule has 0 spiro atoms. The zero-order valence-corrected chi connectivity index (χ0v) is 12.1. The van der Waals surface area contributed by atoms with Crippen molar-refractivity contribution in [1.82, 2.24) is 14.7 Å². The van der Waals surface area contributed by atoms with Crippen molar-refractivity contribution < 1.29 is 0 Å². The Hall–Kier alpha value is -1.06. The molecule has 1 saturated heterocycles. The van der Waals surface area contributed by atoms with Crippen molar-refractivity contribution in [2.75, 3.05) is 19.0 Å². The van der Waals surface area contributed by atoms with E-state index in [0.717, 1.165) is 32.1 Å². The summed E-state index contributed by atoms with van der Waals surface area (Å²) >= 11 is 5.95. The quantitative estimate of drug-likeness (QED) is 0.801. The van der Waals surface area contributed by atoms with E-state index in [1.165, 1.54) is 23.0 Å². The monoisotopic (exact) mass is 277 g/mol. The van der Waals surface area contributed by atoms with Gasteiger partial charge in [-0.25, -0.2) is 0 Å². The number of halogens is 1. The lowest BCUT2D eigenvalue weighted by Gasteiger charge is -2.13. The molecule has 0 radical (unpaired) electrons. The van der Waals surface area contributed by atoms with E-state index in [0.29, 0.717) is 5.92 Å². The van der Waals surface area contributed by atoms with Gasteiger partial charge in [-0.2, -0.15) is 5.10 Å². The molecule has 0 amide bonds. The highest BCUT2D eigenvalue weighted by Crippen LogP contribution is 2.23. The lowest BCUT2D eigenvalue weighted by molar-refractivity contribution is 0.316. The van der Waals surface area contributed by atoms with E-state index in [-0.39, 0.29) is 0 Å². The van der Waals surface area contributed by atoms with Gasteiger partial charge in [0.1, 0.15) is 0 Å². The van der Waals surface area contributed by atoms with E-state index in [2.05, 4.69) is 40.8 Å². The van der Waals surface area contributed by atoms with Crippen molar-refractivity contribution in [3.63, 3.8) is 0 Å². The molecule has 0 saturated carbocycles. The summed E-state index contributed by atoms with van der Waals surface area (Å²) in [5, 5.41) is 6.05. The number of aryl methyl sites for hydroxylation is 1. The van der Waals surface area contributed by atoms with Crippen LogP contribution in [0.2, 0.25) is 0 Å². The Labute approximate surface area is 119 Å². The molecular formula is C15H20ClN3. The molecule has 1 atom stereocenters. The molecule has 0 aliphatic carbocycles. The van der Waals surface area contributed by atoms with Gasteiger partial charge in [-0.1, -0.05) is 18.2 Å². The first-order valence-corrected chi connectivity index (χ1v) is 7.58. The summed E-state index contributed by atoms with van der Waals surface area (Å²) in [6.07, 6.45) is 1.22. The SMILES string of the molecule is CCn1nc(CN2CCC(CCl)C2)c2ccccc21. The van der Waals surface area contributed by atoms with Crippen LogP contribution in [0, 0.1) is 5.92 Å². The van der Waals surface area contributed by atoms with Crippen molar-refractivity contribution in [3.05, 3.63) is 30.0 Å². The molecule has 1 fully saturated rings. The third-order valence-corrected chi connectivity index (χ3v) is 4.43. The number of fused-ring (bicyclic) bond motifs is 1. The second-order valence-corrected chi connectivity index (χ2v) is 5.63. The number of hydrogen-bond donors (Lipinski definition) is 0. The number of hydrogen-bond acceptors (Lipinski definition) is 2. The first-order chi connectivity index (χ1) is 9.31. The maximum atomic E-state index is 5.95. The number of nitrogens with zero attached hydrogens (tertiary/aromatic N) is 3. The van der Waals surface area contributed by atoms with Crippen LogP contribution in [0.5, 0.6) is 0 Å². The van der Waals surface area contributed by atoms with Gasteiger partial charge in [0.15, 0.2) is 0 Å². The first-order valence-electron chi connectivity index (χ1n) is 7.04. The molecule has 1 unspecified atom stereocenters. The van der Waals surface area contributed by atoms with E-state index < -0.39 is 0 Å². The summed E-state index contributed by atoms with van der Waals surface area (Å²) in [7, 11) is 0. The first kappa shape index (κ1) is 12.9. The molecule has 1 aliphatic rings. The molecule has 0 bridgehead atoms. The van der Waals surface area contributed by atoms with Gasteiger partial charge in [0.25, 0.3) is 0 Å². The smallest absolute Gasteiger partial charge is 0.0843 e. The Kier molecular flexibility index (Phi) is 3.76. The fraction of sp³-hybridized carbons (Fsp3) is 0.533. The van der Waals surface area contributed by atoms with Crippen molar-refractivity contribution >= 4 is 22.5 Å². The lowest BCUT2D eigenvalue weighted by atomic mass is 10.2. The zero-order chi connectivity index (χ0) is 13.2. The van der Waals surface area contributed by atoms with E-state index in [9.17, 15) is 0 Å². The van der Waals surface area contributed by atoms with Gasteiger partial charge < -0.3 is 0 Å². The Balaban J connectivity index is 1.85. The Morgan fingerprint density at radius 2 is 2.21 bits per heavy atom. The minimum absolute atomic E-state index is 0.654. The van der Waals surface area contributed by atoms with Crippen LogP contribution in [0.3, 0.4) is 0 Å². The molecule has 1 aromatic carbocycles. The van der Waals surface area contributed by atoms with E-state index >= 15 is 0 Å². The maximum Gasteiger partial charge on any atom is 0.0843 e. The number of para-hydroxylation sites is 1. The molecule has 0 N–H and O–H groups in total. The van der Waals surface area contributed by atoms with Gasteiger partial charge in [0, 0.05) is 30.9 Å². The standard InChI is InChI=1S/C15H20ClN3/c1-2-19-15-6-4-3-5-13(15)14(17-19)11-18-8-7-12(9-16)10-18/h3-6,12H,2,7-11H2,1H3. The number of alkyl halides is 1. The van der Waals surface area contributed by atoms with E-state index in [1.807, 2.05) is 0 Å². The summed E-state index contributed by atoms with van der Waals surface area (Å²) in [5.41, 5.74) is 2.45. The largest absolute Gasteiger partial charge is 0.297 e. The van der Waals surface area contributed by atoms with Crippen molar-refractivity contribution in [2.24, 2.45) is 5.92 Å². The summed E-state index contributed by atoms with van der Waals surface area (Å²) in [4.78, 5) is 2.47. The normalized spacial score (nSPS) is 20.4. The molecule has 3 rings (SSSR count). The summed E-state index contributed by atoms with van der Waals surface area (Å²) < 4.78 is 2.10. The average molecular weight is 278 g/mol. The molecular weight excluding hydrogens is 258 g/mol. The summed E-state index contributed by atoms with van der Waals surface area (Å²) in [6, 6.07) is 8.51. The number of likely N-dealkylation sites (tertiary alicyclic amines) is 1. The molecule has 3 nitrogen and oxygen atoms in total. The third-order valence-electron chi connectivity index (χ3n) is 4.00.